The SMILES string of the molecule is O[C@H](CCc1ccccc1)Cc1ccccc1-n1cccn1. The Bertz CT molecular complexity index is 692. The summed E-state index contributed by atoms with van der Waals surface area (Å²) in [6, 6.07) is 20.3. The van der Waals surface area contributed by atoms with Crippen LogP contribution in [0.15, 0.2) is 73.1 Å². The summed E-state index contributed by atoms with van der Waals surface area (Å²) in [5.41, 5.74) is 3.42. The number of rotatable bonds is 6. The van der Waals surface area contributed by atoms with Gasteiger partial charge in [-0.3, -0.25) is 0 Å². The van der Waals surface area contributed by atoms with Crippen molar-refractivity contribution in [3.63, 3.8) is 0 Å². The lowest BCUT2D eigenvalue weighted by Crippen LogP contribution is -2.13. The average Bonchev–Trinajstić information content (AvgIpc) is 3.09. The van der Waals surface area contributed by atoms with Crippen LogP contribution in [0.1, 0.15) is 17.5 Å². The second-order valence-electron chi connectivity index (χ2n) is 5.46. The van der Waals surface area contributed by atoms with Gasteiger partial charge >= 0.3 is 0 Å². The van der Waals surface area contributed by atoms with Gasteiger partial charge in [0.15, 0.2) is 0 Å². The zero-order valence-electron chi connectivity index (χ0n) is 12.5. The summed E-state index contributed by atoms with van der Waals surface area (Å²) < 4.78 is 1.85. The minimum atomic E-state index is -0.350. The molecule has 3 rings (SSSR count). The van der Waals surface area contributed by atoms with Gasteiger partial charge in [-0.25, -0.2) is 4.68 Å². The highest BCUT2D eigenvalue weighted by Gasteiger charge is 2.10. The molecule has 0 aliphatic carbocycles. The van der Waals surface area contributed by atoms with Crippen LogP contribution in [0.4, 0.5) is 0 Å². The Morgan fingerprint density at radius 2 is 1.73 bits per heavy atom. The predicted octanol–water partition coefficient (Wildman–Crippen LogP) is 3.41. The van der Waals surface area contributed by atoms with Crippen molar-refractivity contribution in [1.29, 1.82) is 0 Å². The third-order valence-corrected chi connectivity index (χ3v) is 3.81. The van der Waals surface area contributed by atoms with E-state index in [0.29, 0.717) is 6.42 Å². The van der Waals surface area contributed by atoms with Crippen molar-refractivity contribution >= 4 is 0 Å². The Morgan fingerprint density at radius 1 is 0.955 bits per heavy atom. The lowest BCUT2D eigenvalue weighted by molar-refractivity contribution is 0.165. The van der Waals surface area contributed by atoms with Crippen molar-refractivity contribution in [2.24, 2.45) is 0 Å². The van der Waals surface area contributed by atoms with Crippen LogP contribution in [0.2, 0.25) is 0 Å². The van der Waals surface area contributed by atoms with E-state index >= 15 is 0 Å². The van der Waals surface area contributed by atoms with Gasteiger partial charge in [-0.15, -0.1) is 0 Å². The maximum atomic E-state index is 10.4. The maximum absolute atomic E-state index is 10.4. The molecule has 0 radical (unpaired) electrons. The Balaban J connectivity index is 1.66. The molecular weight excluding hydrogens is 272 g/mol. The molecule has 1 atom stereocenters. The van der Waals surface area contributed by atoms with Crippen LogP contribution in [0, 0.1) is 0 Å². The minimum absolute atomic E-state index is 0.350. The fourth-order valence-corrected chi connectivity index (χ4v) is 2.65. The monoisotopic (exact) mass is 292 g/mol. The maximum Gasteiger partial charge on any atom is 0.0678 e. The first-order valence-electron chi connectivity index (χ1n) is 7.63. The Hall–Kier alpha value is -2.39. The quantitative estimate of drug-likeness (QED) is 0.756. The molecule has 1 heterocycles. The number of aromatic nitrogens is 2. The van der Waals surface area contributed by atoms with Gasteiger partial charge in [-0.2, -0.15) is 5.10 Å². The summed E-state index contributed by atoms with van der Waals surface area (Å²) >= 11 is 0. The fourth-order valence-electron chi connectivity index (χ4n) is 2.65. The average molecular weight is 292 g/mol. The van der Waals surface area contributed by atoms with E-state index in [0.717, 1.165) is 24.1 Å². The number of hydrogen-bond acceptors (Lipinski definition) is 2. The molecule has 0 amide bonds. The molecule has 0 saturated heterocycles. The summed E-state index contributed by atoms with van der Waals surface area (Å²) in [5, 5.41) is 14.6. The molecule has 0 saturated carbocycles. The molecule has 2 aromatic carbocycles. The second-order valence-corrected chi connectivity index (χ2v) is 5.46. The molecule has 1 aromatic heterocycles. The second kappa shape index (κ2) is 7.05. The Kier molecular flexibility index (Phi) is 4.66. The zero-order chi connectivity index (χ0) is 15.2. The van der Waals surface area contributed by atoms with E-state index in [1.54, 1.807) is 6.20 Å². The largest absolute Gasteiger partial charge is 0.393 e. The summed E-state index contributed by atoms with van der Waals surface area (Å²) in [6.07, 6.45) is 5.64. The highest BCUT2D eigenvalue weighted by atomic mass is 16.3. The normalized spacial score (nSPS) is 12.2. The van der Waals surface area contributed by atoms with Gasteiger partial charge in [0.1, 0.15) is 0 Å². The topological polar surface area (TPSA) is 38.0 Å². The molecule has 112 valence electrons. The van der Waals surface area contributed by atoms with Crippen molar-refractivity contribution in [3.05, 3.63) is 84.2 Å². The molecule has 0 bridgehead atoms. The van der Waals surface area contributed by atoms with E-state index in [-0.39, 0.29) is 6.10 Å². The number of aliphatic hydroxyl groups is 1. The lowest BCUT2D eigenvalue weighted by atomic mass is 10.00. The van der Waals surface area contributed by atoms with Gasteiger partial charge in [0.2, 0.25) is 0 Å². The first kappa shape index (κ1) is 14.5. The molecule has 22 heavy (non-hydrogen) atoms. The van der Waals surface area contributed by atoms with E-state index in [2.05, 4.69) is 23.3 Å². The summed E-state index contributed by atoms with van der Waals surface area (Å²) in [6.45, 7) is 0. The number of para-hydroxylation sites is 1. The van der Waals surface area contributed by atoms with Crippen LogP contribution in [0.3, 0.4) is 0 Å². The number of aliphatic hydroxyl groups excluding tert-OH is 1. The van der Waals surface area contributed by atoms with E-state index < -0.39 is 0 Å². The Morgan fingerprint density at radius 3 is 2.50 bits per heavy atom. The molecule has 0 aliphatic heterocycles. The van der Waals surface area contributed by atoms with Crippen molar-refractivity contribution < 1.29 is 5.11 Å². The van der Waals surface area contributed by atoms with E-state index in [1.165, 1.54) is 5.56 Å². The van der Waals surface area contributed by atoms with Crippen LogP contribution in [0.5, 0.6) is 0 Å². The zero-order valence-corrected chi connectivity index (χ0v) is 12.5. The molecule has 0 fully saturated rings. The van der Waals surface area contributed by atoms with Crippen molar-refractivity contribution in [1.82, 2.24) is 9.78 Å². The van der Waals surface area contributed by atoms with Crippen molar-refractivity contribution in [3.8, 4) is 5.69 Å². The van der Waals surface area contributed by atoms with Crippen LogP contribution in [0.25, 0.3) is 5.69 Å². The Labute approximate surface area is 130 Å². The van der Waals surface area contributed by atoms with Gasteiger partial charge in [0.25, 0.3) is 0 Å². The van der Waals surface area contributed by atoms with E-state index in [4.69, 9.17) is 0 Å². The molecule has 0 spiro atoms. The number of nitrogens with zero attached hydrogens (tertiary/aromatic N) is 2. The number of hydrogen-bond donors (Lipinski definition) is 1. The smallest absolute Gasteiger partial charge is 0.0678 e. The summed E-state index contributed by atoms with van der Waals surface area (Å²) in [4.78, 5) is 0. The molecule has 0 unspecified atom stereocenters. The first-order chi connectivity index (χ1) is 10.8. The lowest BCUT2D eigenvalue weighted by Gasteiger charge is -2.14. The standard InChI is InChI=1S/C19H20N2O/c22-18(12-11-16-7-2-1-3-8-16)15-17-9-4-5-10-19(17)21-14-6-13-20-21/h1-10,13-14,18,22H,11-12,15H2/t18-/m1/s1. The highest BCUT2D eigenvalue weighted by Crippen LogP contribution is 2.17. The highest BCUT2D eigenvalue weighted by molar-refractivity contribution is 5.40. The third kappa shape index (κ3) is 3.62. The van der Waals surface area contributed by atoms with Crippen LogP contribution < -0.4 is 0 Å². The number of aryl methyl sites for hydroxylation is 1. The van der Waals surface area contributed by atoms with Gasteiger partial charge in [0, 0.05) is 18.8 Å². The van der Waals surface area contributed by atoms with Crippen LogP contribution in [-0.4, -0.2) is 21.0 Å². The molecule has 3 heteroatoms. The van der Waals surface area contributed by atoms with Crippen molar-refractivity contribution in [2.75, 3.05) is 0 Å². The fraction of sp³-hybridized carbons (Fsp3) is 0.211. The van der Waals surface area contributed by atoms with Gasteiger partial charge in [0.05, 0.1) is 11.8 Å². The predicted molar refractivity (Wildman–Crippen MR) is 88.0 cm³/mol. The first-order valence-corrected chi connectivity index (χ1v) is 7.63. The molecule has 3 nitrogen and oxygen atoms in total. The van der Waals surface area contributed by atoms with Crippen LogP contribution in [-0.2, 0) is 12.8 Å². The van der Waals surface area contributed by atoms with Crippen molar-refractivity contribution in [2.45, 2.75) is 25.4 Å². The van der Waals surface area contributed by atoms with Gasteiger partial charge < -0.3 is 5.11 Å². The van der Waals surface area contributed by atoms with E-state index in [9.17, 15) is 5.11 Å². The van der Waals surface area contributed by atoms with Gasteiger partial charge in [-0.05, 0) is 36.1 Å². The number of benzene rings is 2. The summed E-state index contributed by atoms with van der Waals surface area (Å²) in [7, 11) is 0. The van der Waals surface area contributed by atoms with E-state index in [1.807, 2.05) is 53.3 Å². The molecule has 1 N–H and O–H groups in total. The molecule has 0 aliphatic rings. The third-order valence-electron chi connectivity index (χ3n) is 3.81. The van der Waals surface area contributed by atoms with Crippen LogP contribution >= 0.6 is 0 Å². The summed E-state index contributed by atoms with van der Waals surface area (Å²) in [5.74, 6) is 0. The molecular formula is C19H20N2O. The molecule has 3 aromatic rings. The minimum Gasteiger partial charge on any atom is -0.393 e. The van der Waals surface area contributed by atoms with Gasteiger partial charge in [-0.1, -0.05) is 48.5 Å².